The Labute approximate surface area is 122 Å². The molecule has 0 aliphatic heterocycles. The molecular weight excluding hydrogens is 250 g/mol. The van der Waals surface area contributed by atoms with E-state index in [1.54, 1.807) is 7.11 Å². The molecule has 3 nitrogen and oxygen atoms in total. The highest BCUT2D eigenvalue weighted by atomic mass is 16.5. The van der Waals surface area contributed by atoms with Crippen molar-refractivity contribution < 1.29 is 9.47 Å². The van der Waals surface area contributed by atoms with E-state index in [0.29, 0.717) is 6.04 Å². The van der Waals surface area contributed by atoms with Crippen LogP contribution in [0.1, 0.15) is 50.6 Å². The van der Waals surface area contributed by atoms with Crippen LogP contribution in [0.3, 0.4) is 0 Å². The highest BCUT2D eigenvalue weighted by molar-refractivity contribution is 5.31. The summed E-state index contributed by atoms with van der Waals surface area (Å²) in [6.45, 7) is 3.23. The third kappa shape index (κ3) is 3.53. The van der Waals surface area contributed by atoms with E-state index < -0.39 is 0 Å². The molecule has 112 valence electrons. The second kappa shape index (κ2) is 7.09. The summed E-state index contributed by atoms with van der Waals surface area (Å²) >= 11 is 0. The van der Waals surface area contributed by atoms with Crippen molar-refractivity contribution >= 4 is 0 Å². The van der Waals surface area contributed by atoms with Crippen LogP contribution in [0.4, 0.5) is 0 Å². The van der Waals surface area contributed by atoms with E-state index in [4.69, 9.17) is 9.47 Å². The molecule has 0 aromatic heterocycles. The van der Waals surface area contributed by atoms with E-state index in [1.165, 1.54) is 24.8 Å². The van der Waals surface area contributed by atoms with Gasteiger partial charge in [0.2, 0.25) is 0 Å². The molecular formula is C17H27NO2. The van der Waals surface area contributed by atoms with Crippen molar-refractivity contribution in [3.05, 3.63) is 29.8 Å². The van der Waals surface area contributed by atoms with Gasteiger partial charge in [-0.05, 0) is 56.3 Å². The fourth-order valence-electron chi connectivity index (χ4n) is 2.92. The van der Waals surface area contributed by atoms with E-state index in [1.807, 2.05) is 13.2 Å². The molecule has 20 heavy (non-hydrogen) atoms. The summed E-state index contributed by atoms with van der Waals surface area (Å²) in [5.41, 5.74) is 1.37. The lowest BCUT2D eigenvalue weighted by atomic mass is 9.74. The van der Waals surface area contributed by atoms with E-state index in [2.05, 4.69) is 30.4 Å². The lowest BCUT2D eigenvalue weighted by Crippen LogP contribution is -2.43. The van der Waals surface area contributed by atoms with Gasteiger partial charge in [0.1, 0.15) is 5.75 Å². The summed E-state index contributed by atoms with van der Waals surface area (Å²) in [6.07, 6.45) is 5.82. The van der Waals surface area contributed by atoms with Gasteiger partial charge in [-0.2, -0.15) is 0 Å². The van der Waals surface area contributed by atoms with Crippen LogP contribution in [-0.4, -0.2) is 26.4 Å². The fraction of sp³-hybridized carbons (Fsp3) is 0.647. The van der Waals surface area contributed by atoms with Crippen molar-refractivity contribution in [3.8, 4) is 5.75 Å². The first kappa shape index (κ1) is 15.3. The van der Waals surface area contributed by atoms with E-state index >= 15 is 0 Å². The van der Waals surface area contributed by atoms with Crippen LogP contribution in [0.25, 0.3) is 0 Å². The zero-order chi connectivity index (χ0) is 14.4. The van der Waals surface area contributed by atoms with Crippen molar-refractivity contribution in [2.24, 2.45) is 0 Å². The Morgan fingerprint density at radius 3 is 2.65 bits per heavy atom. The van der Waals surface area contributed by atoms with Gasteiger partial charge in [0.15, 0.2) is 0 Å². The molecule has 0 saturated heterocycles. The van der Waals surface area contributed by atoms with Gasteiger partial charge < -0.3 is 14.8 Å². The van der Waals surface area contributed by atoms with Crippen LogP contribution < -0.4 is 10.1 Å². The van der Waals surface area contributed by atoms with Crippen molar-refractivity contribution in [3.63, 3.8) is 0 Å². The fourth-order valence-corrected chi connectivity index (χ4v) is 2.92. The van der Waals surface area contributed by atoms with Gasteiger partial charge in [0, 0.05) is 13.2 Å². The Morgan fingerprint density at radius 2 is 2.10 bits per heavy atom. The van der Waals surface area contributed by atoms with Crippen molar-refractivity contribution in [2.45, 2.75) is 50.7 Å². The van der Waals surface area contributed by atoms with Gasteiger partial charge in [-0.25, -0.2) is 0 Å². The average molecular weight is 277 g/mol. The molecule has 3 heteroatoms. The van der Waals surface area contributed by atoms with E-state index in [0.717, 1.165) is 25.1 Å². The van der Waals surface area contributed by atoms with Gasteiger partial charge >= 0.3 is 0 Å². The maximum atomic E-state index is 5.79. The number of rotatable bonds is 8. The number of hydrogen-bond donors (Lipinski definition) is 1. The third-order valence-electron chi connectivity index (χ3n) is 4.41. The van der Waals surface area contributed by atoms with Crippen molar-refractivity contribution in [1.82, 2.24) is 5.32 Å². The minimum absolute atomic E-state index is 0.0779. The number of ether oxygens (including phenoxy) is 2. The van der Waals surface area contributed by atoms with Gasteiger partial charge in [-0.1, -0.05) is 19.1 Å². The second-order valence-corrected chi connectivity index (χ2v) is 5.73. The van der Waals surface area contributed by atoms with Crippen LogP contribution in [-0.2, 0) is 4.74 Å². The molecule has 1 saturated carbocycles. The molecule has 0 amide bonds. The summed E-state index contributed by atoms with van der Waals surface area (Å²) in [7, 11) is 3.57. The average Bonchev–Trinajstić information content (AvgIpc) is 2.46. The lowest BCUT2D eigenvalue weighted by molar-refractivity contribution is -0.0838. The summed E-state index contributed by atoms with van der Waals surface area (Å²) in [5, 5.41) is 3.66. The summed E-state index contributed by atoms with van der Waals surface area (Å²) < 4.78 is 11.1. The van der Waals surface area contributed by atoms with Gasteiger partial charge in [-0.15, -0.1) is 0 Å². The molecule has 2 rings (SSSR count). The topological polar surface area (TPSA) is 30.5 Å². The summed E-state index contributed by atoms with van der Waals surface area (Å²) in [4.78, 5) is 0. The monoisotopic (exact) mass is 277 g/mol. The number of benzene rings is 1. The van der Waals surface area contributed by atoms with E-state index in [9.17, 15) is 0 Å². The minimum Gasteiger partial charge on any atom is -0.497 e. The quantitative estimate of drug-likeness (QED) is 0.786. The molecule has 0 bridgehead atoms. The number of hydrogen-bond acceptors (Lipinski definition) is 3. The second-order valence-electron chi connectivity index (χ2n) is 5.73. The lowest BCUT2D eigenvalue weighted by Gasteiger charge is -2.43. The first-order valence-corrected chi connectivity index (χ1v) is 7.65. The molecule has 1 N–H and O–H groups in total. The van der Waals surface area contributed by atoms with Crippen LogP contribution in [0, 0.1) is 0 Å². The maximum Gasteiger partial charge on any atom is 0.119 e. The zero-order valence-electron chi connectivity index (χ0n) is 12.9. The van der Waals surface area contributed by atoms with Crippen LogP contribution in [0.15, 0.2) is 24.3 Å². The molecule has 0 radical (unpaired) electrons. The summed E-state index contributed by atoms with van der Waals surface area (Å²) in [5.74, 6) is 0.922. The SMILES string of the molecule is CCCNC(CC1(OC)CCC1)c1cccc(OC)c1. The zero-order valence-corrected chi connectivity index (χ0v) is 12.9. The van der Waals surface area contributed by atoms with Crippen LogP contribution >= 0.6 is 0 Å². The minimum atomic E-state index is 0.0779. The van der Waals surface area contributed by atoms with Crippen molar-refractivity contribution in [2.75, 3.05) is 20.8 Å². The van der Waals surface area contributed by atoms with Gasteiger partial charge in [-0.3, -0.25) is 0 Å². The first-order chi connectivity index (χ1) is 9.73. The Bertz CT molecular complexity index is 410. The molecule has 1 aliphatic carbocycles. The van der Waals surface area contributed by atoms with Gasteiger partial charge in [0.05, 0.1) is 12.7 Å². The molecule has 0 heterocycles. The predicted octanol–water partition coefficient (Wildman–Crippen LogP) is 3.70. The number of nitrogens with one attached hydrogen (secondary N) is 1. The molecule has 1 fully saturated rings. The maximum absolute atomic E-state index is 5.79. The number of methoxy groups -OCH3 is 2. The van der Waals surface area contributed by atoms with Crippen molar-refractivity contribution in [1.29, 1.82) is 0 Å². The van der Waals surface area contributed by atoms with Crippen LogP contribution in [0.5, 0.6) is 5.75 Å². The normalized spacial score (nSPS) is 18.4. The molecule has 1 aromatic carbocycles. The largest absolute Gasteiger partial charge is 0.497 e. The Hall–Kier alpha value is -1.06. The standard InChI is InChI=1S/C17H27NO2/c1-4-11-18-16(13-17(20-3)9-6-10-17)14-7-5-8-15(12-14)19-2/h5,7-8,12,16,18H,4,6,9-11,13H2,1-3H3. The van der Waals surface area contributed by atoms with E-state index in [-0.39, 0.29) is 5.60 Å². The predicted molar refractivity (Wildman–Crippen MR) is 82.2 cm³/mol. The molecule has 1 aromatic rings. The van der Waals surface area contributed by atoms with Crippen LogP contribution in [0.2, 0.25) is 0 Å². The summed E-state index contributed by atoms with van der Waals surface area (Å²) in [6, 6.07) is 8.71. The molecule has 1 atom stereocenters. The highest BCUT2D eigenvalue weighted by Gasteiger charge is 2.39. The Morgan fingerprint density at radius 1 is 1.30 bits per heavy atom. The smallest absolute Gasteiger partial charge is 0.119 e. The first-order valence-electron chi connectivity index (χ1n) is 7.65. The Balaban J connectivity index is 2.13. The third-order valence-corrected chi connectivity index (χ3v) is 4.41. The molecule has 1 aliphatic rings. The van der Waals surface area contributed by atoms with Gasteiger partial charge in [0.25, 0.3) is 0 Å². The Kier molecular flexibility index (Phi) is 5.44. The molecule has 1 unspecified atom stereocenters. The molecule has 0 spiro atoms. The highest BCUT2D eigenvalue weighted by Crippen LogP contribution is 2.42.